The molecular formula is C12H21F3N2O. The number of alkyl halides is 3. The van der Waals surface area contributed by atoms with E-state index in [2.05, 4.69) is 6.58 Å². The van der Waals surface area contributed by atoms with Gasteiger partial charge in [0, 0.05) is 6.04 Å². The molecule has 0 radical (unpaired) electrons. The molecule has 18 heavy (non-hydrogen) atoms. The van der Waals surface area contributed by atoms with Gasteiger partial charge < -0.3 is 10.6 Å². The lowest BCUT2D eigenvalue weighted by Gasteiger charge is -2.33. The standard InChI is InChI=1S/C12H21F3N2O/c1-4-7-10(16)11(18)17(8-12(13,14)15)9(5-2)6-3/h4,9-10H,1,5-8,16H2,2-3H3. The lowest BCUT2D eigenvalue weighted by Crippen LogP contribution is -2.51. The largest absolute Gasteiger partial charge is 0.406 e. The Kier molecular flexibility index (Phi) is 6.98. The first-order valence-electron chi connectivity index (χ1n) is 6.00. The van der Waals surface area contributed by atoms with Crippen LogP contribution in [-0.2, 0) is 4.79 Å². The van der Waals surface area contributed by atoms with Gasteiger partial charge in [-0.1, -0.05) is 19.9 Å². The molecule has 1 atom stereocenters. The zero-order valence-corrected chi connectivity index (χ0v) is 10.8. The van der Waals surface area contributed by atoms with Gasteiger partial charge in [-0.2, -0.15) is 13.2 Å². The molecule has 0 aromatic carbocycles. The zero-order chi connectivity index (χ0) is 14.3. The average Bonchev–Trinajstić information content (AvgIpc) is 2.27. The van der Waals surface area contributed by atoms with Crippen molar-refractivity contribution in [2.24, 2.45) is 5.73 Å². The molecule has 6 heteroatoms. The van der Waals surface area contributed by atoms with Crippen molar-refractivity contribution >= 4 is 5.91 Å². The van der Waals surface area contributed by atoms with Crippen LogP contribution in [0.5, 0.6) is 0 Å². The highest BCUT2D eigenvalue weighted by Crippen LogP contribution is 2.21. The number of rotatable bonds is 7. The third kappa shape index (κ3) is 5.53. The van der Waals surface area contributed by atoms with E-state index in [1.165, 1.54) is 6.08 Å². The van der Waals surface area contributed by atoms with Crippen molar-refractivity contribution in [2.75, 3.05) is 6.54 Å². The van der Waals surface area contributed by atoms with Gasteiger partial charge in [0.05, 0.1) is 6.04 Å². The molecule has 0 saturated carbocycles. The van der Waals surface area contributed by atoms with Gasteiger partial charge in [-0.3, -0.25) is 4.79 Å². The highest BCUT2D eigenvalue weighted by atomic mass is 19.4. The fourth-order valence-corrected chi connectivity index (χ4v) is 1.80. The summed E-state index contributed by atoms with van der Waals surface area (Å²) in [5.41, 5.74) is 5.56. The van der Waals surface area contributed by atoms with Crippen LogP contribution < -0.4 is 5.73 Å². The molecule has 0 fully saturated rings. The van der Waals surface area contributed by atoms with Gasteiger partial charge in [0.25, 0.3) is 0 Å². The summed E-state index contributed by atoms with van der Waals surface area (Å²) < 4.78 is 37.5. The molecule has 1 amide bonds. The van der Waals surface area contributed by atoms with Gasteiger partial charge in [0.1, 0.15) is 6.54 Å². The second-order valence-electron chi connectivity index (χ2n) is 4.18. The van der Waals surface area contributed by atoms with Crippen LogP contribution in [-0.4, -0.2) is 35.6 Å². The van der Waals surface area contributed by atoms with E-state index in [-0.39, 0.29) is 6.42 Å². The summed E-state index contributed by atoms with van der Waals surface area (Å²) in [5.74, 6) is -0.666. The highest BCUT2D eigenvalue weighted by Gasteiger charge is 2.36. The molecule has 0 rings (SSSR count). The lowest BCUT2D eigenvalue weighted by atomic mass is 10.1. The summed E-state index contributed by atoms with van der Waals surface area (Å²) >= 11 is 0. The molecule has 0 heterocycles. The Bertz CT molecular complexity index is 275. The lowest BCUT2D eigenvalue weighted by molar-refractivity contribution is -0.166. The van der Waals surface area contributed by atoms with E-state index in [1.807, 2.05) is 0 Å². The number of carbonyl (C=O) groups is 1. The normalized spacial score (nSPS) is 13.5. The van der Waals surface area contributed by atoms with Crippen molar-refractivity contribution in [1.29, 1.82) is 0 Å². The molecule has 0 aliphatic heterocycles. The number of nitrogens with two attached hydrogens (primary N) is 1. The van der Waals surface area contributed by atoms with E-state index in [0.717, 1.165) is 4.90 Å². The first-order chi connectivity index (χ1) is 8.26. The van der Waals surface area contributed by atoms with Crippen LogP contribution in [0.2, 0.25) is 0 Å². The van der Waals surface area contributed by atoms with E-state index in [9.17, 15) is 18.0 Å². The Morgan fingerprint density at radius 3 is 2.22 bits per heavy atom. The van der Waals surface area contributed by atoms with Crippen LogP contribution >= 0.6 is 0 Å². The van der Waals surface area contributed by atoms with Crippen molar-refractivity contribution in [2.45, 2.75) is 51.4 Å². The fourth-order valence-electron chi connectivity index (χ4n) is 1.80. The van der Waals surface area contributed by atoms with E-state index >= 15 is 0 Å². The van der Waals surface area contributed by atoms with Crippen molar-refractivity contribution in [3.8, 4) is 0 Å². The topological polar surface area (TPSA) is 46.3 Å². The SMILES string of the molecule is C=CCC(N)C(=O)N(CC(F)(F)F)C(CC)CC. The Balaban J connectivity index is 4.95. The second kappa shape index (κ2) is 7.41. The summed E-state index contributed by atoms with van der Waals surface area (Å²) in [6.07, 6.45) is -1.86. The number of hydrogen-bond donors (Lipinski definition) is 1. The van der Waals surface area contributed by atoms with Gasteiger partial charge in [-0.15, -0.1) is 6.58 Å². The maximum Gasteiger partial charge on any atom is 0.406 e. The molecule has 3 nitrogen and oxygen atoms in total. The summed E-state index contributed by atoms with van der Waals surface area (Å²) in [6, 6.07) is -1.39. The van der Waals surface area contributed by atoms with Crippen molar-refractivity contribution in [3.05, 3.63) is 12.7 Å². The molecule has 106 valence electrons. The summed E-state index contributed by atoms with van der Waals surface area (Å²) in [4.78, 5) is 12.8. The van der Waals surface area contributed by atoms with Crippen molar-refractivity contribution in [1.82, 2.24) is 4.90 Å². The van der Waals surface area contributed by atoms with E-state index in [0.29, 0.717) is 12.8 Å². The summed E-state index contributed by atoms with van der Waals surface area (Å²) in [5, 5.41) is 0. The maximum absolute atomic E-state index is 12.5. The van der Waals surface area contributed by atoms with Crippen LogP contribution in [0.25, 0.3) is 0 Å². The average molecular weight is 266 g/mol. The minimum Gasteiger partial charge on any atom is -0.329 e. The predicted molar refractivity (Wildman–Crippen MR) is 64.9 cm³/mol. The third-order valence-electron chi connectivity index (χ3n) is 2.75. The molecule has 2 N–H and O–H groups in total. The smallest absolute Gasteiger partial charge is 0.329 e. The zero-order valence-electron chi connectivity index (χ0n) is 10.8. The maximum atomic E-state index is 12.5. The minimum atomic E-state index is -4.41. The van der Waals surface area contributed by atoms with Gasteiger partial charge in [0.15, 0.2) is 0 Å². The van der Waals surface area contributed by atoms with Crippen LogP contribution in [0.15, 0.2) is 12.7 Å². The molecule has 0 aromatic heterocycles. The molecular weight excluding hydrogens is 245 g/mol. The molecule has 0 bridgehead atoms. The van der Waals surface area contributed by atoms with Gasteiger partial charge in [0.2, 0.25) is 5.91 Å². The predicted octanol–water partition coefficient (Wildman–Crippen LogP) is 2.47. The van der Waals surface area contributed by atoms with Crippen LogP contribution in [0.4, 0.5) is 13.2 Å². The Morgan fingerprint density at radius 1 is 1.39 bits per heavy atom. The summed E-state index contributed by atoms with van der Waals surface area (Å²) in [6.45, 7) is 5.69. The first-order valence-corrected chi connectivity index (χ1v) is 6.00. The highest BCUT2D eigenvalue weighted by molar-refractivity contribution is 5.82. The summed E-state index contributed by atoms with van der Waals surface area (Å²) in [7, 11) is 0. The molecule has 0 aromatic rings. The number of nitrogens with zero attached hydrogens (tertiary/aromatic N) is 1. The number of amides is 1. The van der Waals surface area contributed by atoms with Crippen LogP contribution in [0, 0.1) is 0 Å². The Hall–Kier alpha value is -1.04. The molecule has 1 unspecified atom stereocenters. The van der Waals surface area contributed by atoms with Crippen LogP contribution in [0.3, 0.4) is 0 Å². The van der Waals surface area contributed by atoms with Gasteiger partial charge in [-0.05, 0) is 19.3 Å². The first kappa shape index (κ1) is 17.0. The van der Waals surface area contributed by atoms with Crippen molar-refractivity contribution < 1.29 is 18.0 Å². The van der Waals surface area contributed by atoms with E-state index in [1.54, 1.807) is 13.8 Å². The van der Waals surface area contributed by atoms with Gasteiger partial charge >= 0.3 is 6.18 Å². The van der Waals surface area contributed by atoms with Crippen LogP contribution in [0.1, 0.15) is 33.1 Å². The third-order valence-corrected chi connectivity index (χ3v) is 2.75. The number of hydrogen-bond acceptors (Lipinski definition) is 2. The monoisotopic (exact) mass is 266 g/mol. The molecule has 0 spiro atoms. The second-order valence-corrected chi connectivity index (χ2v) is 4.18. The fraction of sp³-hybridized carbons (Fsp3) is 0.750. The Labute approximate surface area is 106 Å². The van der Waals surface area contributed by atoms with E-state index in [4.69, 9.17) is 5.73 Å². The minimum absolute atomic E-state index is 0.174. The Morgan fingerprint density at radius 2 is 1.89 bits per heavy atom. The van der Waals surface area contributed by atoms with E-state index < -0.39 is 30.7 Å². The molecule has 0 aliphatic carbocycles. The van der Waals surface area contributed by atoms with Crippen molar-refractivity contribution in [3.63, 3.8) is 0 Å². The number of halogens is 3. The molecule has 0 aliphatic rings. The van der Waals surface area contributed by atoms with Gasteiger partial charge in [-0.25, -0.2) is 0 Å². The number of carbonyl (C=O) groups excluding carboxylic acids is 1. The molecule has 0 saturated heterocycles. The quantitative estimate of drug-likeness (QED) is 0.719.